The summed E-state index contributed by atoms with van der Waals surface area (Å²) >= 11 is 1.25. The van der Waals surface area contributed by atoms with E-state index in [0.29, 0.717) is 17.7 Å². The number of nitrogens with one attached hydrogen (secondary N) is 1. The van der Waals surface area contributed by atoms with Gasteiger partial charge < -0.3 is 10.4 Å². The highest BCUT2D eigenvalue weighted by molar-refractivity contribution is 7.91. The van der Waals surface area contributed by atoms with Crippen LogP contribution in [0.4, 0.5) is 0 Å². The van der Waals surface area contributed by atoms with Crippen molar-refractivity contribution in [2.45, 2.75) is 25.8 Å². The highest BCUT2D eigenvalue weighted by atomic mass is 32.2. The van der Waals surface area contributed by atoms with Gasteiger partial charge in [0, 0.05) is 6.04 Å². The number of rotatable bonds is 2. The molecule has 1 saturated heterocycles. The zero-order valence-corrected chi connectivity index (χ0v) is 13.3. The highest BCUT2D eigenvalue weighted by Crippen LogP contribution is 2.21. The topological polar surface area (TPSA) is 83.5 Å². The second-order valence-electron chi connectivity index (χ2n) is 5.01. The van der Waals surface area contributed by atoms with Crippen LogP contribution in [0.1, 0.15) is 33.0 Å². The Hall–Kier alpha value is -1.36. The molecule has 1 unspecified atom stereocenters. The van der Waals surface area contributed by atoms with Gasteiger partial charge >= 0.3 is 0 Å². The van der Waals surface area contributed by atoms with Gasteiger partial charge in [-0.25, -0.2) is 8.42 Å². The van der Waals surface area contributed by atoms with E-state index in [1.807, 2.05) is 6.92 Å². The lowest BCUT2D eigenvalue weighted by molar-refractivity contribution is 0.0942. The minimum Gasteiger partial charge on any atom is -0.384 e. The van der Waals surface area contributed by atoms with E-state index in [-0.39, 0.29) is 30.1 Å². The molecule has 0 saturated carbocycles. The molecule has 1 aliphatic rings. The number of hydrogen-bond acceptors (Lipinski definition) is 5. The molecule has 2 heterocycles. The first kappa shape index (κ1) is 16.0. The molecule has 0 spiro atoms. The van der Waals surface area contributed by atoms with Crippen molar-refractivity contribution < 1.29 is 18.3 Å². The van der Waals surface area contributed by atoms with Crippen LogP contribution in [0.2, 0.25) is 0 Å². The van der Waals surface area contributed by atoms with Gasteiger partial charge in [0.15, 0.2) is 9.84 Å². The van der Waals surface area contributed by atoms with E-state index in [9.17, 15) is 13.2 Å². The molecule has 1 atom stereocenters. The molecule has 0 radical (unpaired) electrons. The predicted molar refractivity (Wildman–Crippen MR) is 82.2 cm³/mol. The summed E-state index contributed by atoms with van der Waals surface area (Å²) in [6, 6.07) is 1.42. The van der Waals surface area contributed by atoms with Crippen LogP contribution in [0, 0.1) is 18.8 Å². The van der Waals surface area contributed by atoms with Crippen molar-refractivity contribution in [3.63, 3.8) is 0 Å². The van der Waals surface area contributed by atoms with Crippen LogP contribution in [0.25, 0.3) is 0 Å². The fourth-order valence-electron chi connectivity index (χ4n) is 2.23. The summed E-state index contributed by atoms with van der Waals surface area (Å²) in [5.74, 6) is 5.31. The number of amides is 1. The van der Waals surface area contributed by atoms with Crippen LogP contribution in [0.15, 0.2) is 6.07 Å². The van der Waals surface area contributed by atoms with Crippen LogP contribution < -0.4 is 5.32 Å². The second kappa shape index (κ2) is 6.60. The quantitative estimate of drug-likeness (QED) is 0.784. The maximum Gasteiger partial charge on any atom is 0.261 e. The van der Waals surface area contributed by atoms with Gasteiger partial charge in [-0.05, 0) is 31.4 Å². The Morgan fingerprint density at radius 1 is 1.57 bits per heavy atom. The Labute approximate surface area is 128 Å². The predicted octanol–water partition coefficient (Wildman–Crippen LogP) is 0.707. The van der Waals surface area contributed by atoms with Gasteiger partial charge in [0.05, 0.1) is 21.3 Å². The van der Waals surface area contributed by atoms with Crippen molar-refractivity contribution in [1.82, 2.24) is 5.32 Å². The maximum atomic E-state index is 12.2. The lowest BCUT2D eigenvalue weighted by Crippen LogP contribution is -2.43. The summed E-state index contributed by atoms with van der Waals surface area (Å²) in [7, 11) is -3.04. The molecule has 0 aromatic carbocycles. The number of aliphatic hydroxyl groups excluding tert-OH is 1. The first-order valence-electron chi connectivity index (χ1n) is 6.63. The lowest BCUT2D eigenvalue weighted by atomic mass is 10.2. The monoisotopic (exact) mass is 327 g/mol. The number of hydrogen-bond donors (Lipinski definition) is 2. The van der Waals surface area contributed by atoms with E-state index >= 15 is 0 Å². The third kappa shape index (κ3) is 4.30. The maximum absolute atomic E-state index is 12.2. The van der Waals surface area contributed by atoms with E-state index in [0.717, 1.165) is 10.4 Å². The Bertz CT molecular complexity index is 694. The molecule has 2 rings (SSSR count). The summed E-state index contributed by atoms with van der Waals surface area (Å²) in [4.78, 5) is 13.4. The van der Waals surface area contributed by atoms with Crippen LogP contribution in [0.3, 0.4) is 0 Å². The van der Waals surface area contributed by atoms with E-state index in [1.54, 1.807) is 6.07 Å². The molecule has 1 amide bonds. The van der Waals surface area contributed by atoms with E-state index < -0.39 is 9.84 Å². The largest absolute Gasteiger partial charge is 0.384 e. The van der Waals surface area contributed by atoms with Gasteiger partial charge in [-0.1, -0.05) is 11.8 Å². The molecule has 1 fully saturated rings. The van der Waals surface area contributed by atoms with Gasteiger partial charge in [-0.2, -0.15) is 0 Å². The third-order valence-electron chi connectivity index (χ3n) is 3.22. The van der Waals surface area contributed by atoms with Crippen molar-refractivity contribution in [3.05, 3.63) is 21.4 Å². The number of carbonyl (C=O) groups excluding carboxylic acids is 1. The van der Waals surface area contributed by atoms with Crippen molar-refractivity contribution in [1.29, 1.82) is 0 Å². The highest BCUT2D eigenvalue weighted by Gasteiger charge is 2.26. The third-order valence-corrected chi connectivity index (χ3v) is 6.19. The van der Waals surface area contributed by atoms with Crippen LogP contribution >= 0.6 is 11.3 Å². The smallest absolute Gasteiger partial charge is 0.261 e. The summed E-state index contributed by atoms with van der Waals surface area (Å²) in [6.45, 7) is 1.62. The van der Waals surface area contributed by atoms with Crippen molar-refractivity contribution in [2.75, 3.05) is 18.1 Å². The van der Waals surface area contributed by atoms with Gasteiger partial charge in [0.1, 0.15) is 6.61 Å². The Kier molecular flexibility index (Phi) is 5.04. The molecule has 7 heteroatoms. The summed E-state index contributed by atoms with van der Waals surface area (Å²) in [5.41, 5.74) is 0.877. The van der Waals surface area contributed by atoms with Crippen molar-refractivity contribution >= 4 is 27.1 Å². The molecule has 1 aromatic heterocycles. The molecule has 1 aliphatic heterocycles. The Morgan fingerprint density at radius 2 is 2.33 bits per heavy atom. The molecular formula is C14H17NO4S2. The zero-order valence-electron chi connectivity index (χ0n) is 11.7. The zero-order chi connectivity index (χ0) is 15.5. The first-order valence-corrected chi connectivity index (χ1v) is 9.26. The number of thiophene rings is 1. The molecule has 0 bridgehead atoms. The fourth-order valence-corrected chi connectivity index (χ4v) is 4.82. The summed E-state index contributed by atoms with van der Waals surface area (Å²) in [6.07, 6.45) is 1.27. The van der Waals surface area contributed by atoms with Gasteiger partial charge in [-0.15, -0.1) is 11.3 Å². The Morgan fingerprint density at radius 3 is 3.00 bits per heavy atom. The molecule has 2 N–H and O–H groups in total. The number of aryl methyl sites for hydroxylation is 1. The normalized spacial score (nSPS) is 20.4. The molecular weight excluding hydrogens is 310 g/mol. The van der Waals surface area contributed by atoms with Crippen molar-refractivity contribution in [3.8, 4) is 11.8 Å². The molecule has 114 valence electrons. The van der Waals surface area contributed by atoms with Crippen molar-refractivity contribution in [2.24, 2.45) is 0 Å². The van der Waals surface area contributed by atoms with Crippen LogP contribution in [0.5, 0.6) is 0 Å². The van der Waals surface area contributed by atoms with E-state index in [2.05, 4.69) is 17.2 Å². The number of sulfone groups is 1. The molecule has 0 aliphatic carbocycles. The molecule has 1 aromatic rings. The number of aliphatic hydroxyl groups is 1. The minimum atomic E-state index is -3.04. The van der Waals surface area contributed by atoms with Gasteiger partial charge in [-0.3, -0.25) is 4.79 Å². The van der Waals surface area contributed by atoms with Crippen LogP contribution in [-0.2, 0) is 9.84 Å². The minimum absolute atomic E-state index is 0.0142. The van der Waals surface area contributed by atoms with Gasteiger partial charge in [0.25, 0.3) is 5.91 Å². The summed E-state index contributed by atoms with van der Waals surface area (Å²) in [5, 5.41) is 11.5. The van der Waals surface area contributed by atoms with Gasteiger partial charge in [0.2, 0.25) is 0 Å². The molecule has 21 heavy (non-hydrogen) atoms. The van der Waals surface area contributed by atoms with E-state index in [4.69, 9.17) is 5.11 Å². The second-order valence-corrected chi connectivity index (χ2v) is 8.29. The first-order chi connectivity index (χ1) is 9.91. The average molecular weight is 327 g/mol. The lowest BCUT2D eigenvalue weighted by Gasteiger charge is -2.22. The van der Waals surface area contributed by atoms with Crippen LogP contribution in [-0.4, -0.2) is 43.6 Å². The van der Waals surface area contributed by atoms with E-state index in [1.165, 1.54) is 11.3 Å². The fraction of sp³-hybridized carbons (Fsp3) is 0.500. The standard InChI is InChI=1S/C14H17NO4S2/c1-10-8-13(20-12(10)5-2-6-16)14(17)15-11-4-3-7-21(18,19)9-11/h8,11,16H,3-4,6-7,9H2,1H3,(H,15,17). The average Bonchev–Trinajstić information content (AvgIpc) is 2.76. The SMILES string of the molecule is Cc1cc(C(=O)NC2CCCS(=O)(=O)C2)sc1C#CCO. The summed E-state index contributed by atoms with van der Waals surface area (Å²) < 4.78 is 23.1. The molecule has 5 nitrogen and oxygen atoms in total. The Balaban J connectivity index is 2.07. The number of carbonyl (C=O) groups is 1.